The molecule has 0 unspecified atom stereocenters. The van der Waals surface area contributed by atoms with Gasteiger partial charge in [-0.15, -0.1) is 0 Å². The van der Waals surface area contributed by atoms with E-state index in [1.807, 2.05) is 49.5 Å². The second-order valence-corrected chi connectivity index (χ2v) is 4.92. The third kappa shape index (κ3) is 5.65. The summed E-state index contributed by atoms with van der Waals surface area (Å²) < 4.78 is 5.42. The maximum atomic E-state index is 11.6. The molecule has 1 N–H and O–H groups in total. The Labute approximate surface area is 125 Å². The Kier molecular flexibility index (Phi) is 5.76. The lowest BCUT2D eigenvalue weighted by Gasteiger charge is -2.07. The molecule has 0 bridgehead atoms. The van der Waals surface area contributed by atoms with Crippen molar-refractivity contribution in [3.8, 4) is 5.75 Å². The van der Waals surface area contributed by atoms with Crippen LogP contribution in [-0.2, 0) is 11.2 Å². The zero-order chi connectivity index (χ0) is 14.9. The van der Waals surface area contributed by atoms with Crippen molar-refractivity contribution in [3.63, 3.8) is 0 Å². The fourth-order valence-electron chi connectivity index (χ4n) is 1.90. The average Bonchev–Trinajstić information content (AvgIpc) is 2.52. The SMILES string of the molecule is Cc1ccc(OCC(=O)NCCCc2cccnc2)cc1. The molecule has 2 rings (SSSR count). The van der Waals surface area contributed by atoms with Crippen LogP contribution in [0.3, 0.4) is 0 Å². The fourth-order valence-corrected chi connectivity index (χ4v) is 1.90. The standard InChI is InChI=1S/C17H20N2O2/c1-14-6-8-16(9-7-14)21-13-17(20)19-11-3-5-15-4-2-10-18-12-15/h2,4,6-10,12H,3,5,11,13H2,1H3,(H,19,20). The van der Waals surface area contributed by atoms with E-state index < -0.39 is 0 Å². The van der Waals surface area contributed by atoms with Gasteiger partial charge in [0.25, 0.3) is 5.91 Å². The molecule has 0 atom stereocenters. The number of benzene rings is 1. The molecular weight excluding hydrogens is 264 g/mol. The van der Waals surface area contributed by atoms with Crippen LogP contribution in [0.25, 0.3) is 0 Å². The molecule has 21 heavy (non-hydrogen) atoms. The molecule has 0 saturated carbocycles. The van der Waals surface area contributed by atoms with Crippen molar-refractivity contribution >= 4 is 5.91 Å². The number of carbonyl (C=O) groups is 1. The fraction of sp³-hybridized carbons (Fsp3) is 0.294. The molecule has 0 saturated heterocycles. The quantitative estimate of drug-likeness (QED) is 0.795. The van der Waals surface area contributed by atoms with Crippen LogP contribution in [0, 0.1) is 6.92 Å². The summed E-state index contributed by atoms with van der Waals surface area (Å²) >= 11 is 0. The molecule has 110 valence electrons. The van der Waals surface area contributed by atoms with Crippen molar-refractivity contribution < 1.29 is 9.53 Å². The first-order valence-corrected chi connectivity index (χ1v) is 7.09. The lowest BCUT2D eigenvalue weighted by atomic mass is 10.1. The van der Waals surface area contributed by atoms with E-state index in [1.54, 1.807) is 6.20 Å². The van der Waals surface area contributed by atoms with Crippen molar-refractivity contribution in [1.82, 2.24) is 10.3 Å². The zero-order valence-corrected chi connectivity index (χ0v) is 12.2. The Hall–Kier alpha value is -2.36. The van der Waals surface area contributed by atoms with Crippen LogP contribution in [-0.4, -0.2) is 24.0 Å². The molecule has 0 spiro atoms. The highest BCUT2D eigenvalue weighted by Gasteiger charge is 2.02. The summed E-state index contributed by atoms with van der Waals surface area (Å²) in [4.78, 5) is 15.7. The van der Waals surface area contributed by atoms with Crippen LogP contribution >= 0.6 is 0 Å². The maximum Gasteiger partial charge on any atom is 0.257 e. The number of nitrogens with zero attached hydrogens (tertiary/aromatic N) is 1. The Morgan fingerprint density at radius 2 is 2.05 bits per heavy atom. The zero-order valence-electron chi connectivity index (χ0n) is 12.2. The number of ether oxygens (including phenoxy) is 1. The Morgan fingerprint density at radius 1 is 1.24 bits per heavy atom. The number of pyridine rings is 1. The summed E-state index contributed by atoms with van der Waals surface area (Å²) in [5.41, 5.74) is 2.35. The van der Waals surface area contributed by atoms with Gasteiger partial charge in [0.1, 0.15) is 5.75 Å². The molecule has 1 aromatic heterocycles. The van der Waals surface area contributed by atoms with Crippen LogP contribution in [0.4, 0.5) is 0 Å². The van der Waals surface area contributed by atoms with Gasteiger partial charge < -0.3 is 10.1 Å². The molecule has 4 nitrogen and oxygen atoms in total. The monoisotopic (exact) mass is 284 g/mol. The van der Waals surface area contributed by atoms with E-state index in [9.17, 15) is 4.79 Å². The maximum absolute atomic E-state index is 11.6. The molecule has 1 amide bonds. The van der Waals surface area contributed by atoms with Crippen molar-refractivity contribution in [3.05, 3.63) is 59.9 Å². The normalized spacial score (nSPS) is 10.1. The summed E-state index contributed by atoms with van der Waals surface area (Å²) in [7, 11) is 0. The molecule has 0 aliphatic heterocycles. The van der Waals surface area contributed by atoms with Gasteiger partial charge in [-0.3, -0.25) is 9.78 Å². The van der Waals surface area contributed by atoms with Crippen molar-refractivity contribution in [2.24, 2.45) is 0 Å². The van der Waals surface area contributed by atoms with E-state index in [1.165, 1.54) is 11.1 Å². The van der Waals surface area contributed by atoms with Gasteiger partial charge in [-0.1, -0.05) is 23.8 Å². The number of nitrogens with one attached hydrogen (secondary N) is 1. The second-order valence-electron chi connectivity index (χ2n) is 4.92. The number of amides is 1. The minimum absolute atomic E-state index is 0.0515. The van der Waals surface area contributed by atoms with Crippen molar-refractivity contribution in [1.29, 1.82) is 0 Å². The van der Waals surface area contributed by atoms with Gasteiger partial charge in [0.2, 0.25) is 0 Å². The number of aryl methyl sites for hydroxylation is 2. The van der Waals surface area contributed by atoms with Crippen LogP contribution in [0.1, 0.15) is 17.5 Å². The van der Waals surface area contributed by atoms with Crippen LogP contribution in [0.2, 0.25) is 0 Å². The average molecular weight is 284 g/mol. The van der Waals surface area contributed by atoms with E-state index in [-0.39, 0.29) is 12.5 Å². The predicted octanol–water partition coefficient (Wildman–Crippen LogP) is 2.52. The van der Waals surface area contributed by atoms with Gasteiger partial charge in [-0.25, -0.2) is 0 Å². The summed E-state index contributed by atoms with van der Waals surface area (Å²) in [6, 6.07) is 11.6. The summed E-state index contributed by atoms with van der Waals surface area (Å²) in [6.45, 7) is 2.71. The summed E-state index contributed by atoms with van der Waals surface area (Å²) in [6.07, 6.45) is 5.41. The first-order chi connectivity index (χ1) is 10.2. The molecular formula is C17H20N2O2. The molecule has 0 fully saturated rings. The molecule has 1 heterocycles. The van der Waals surface area contributed by atoms with Gasteiger partial charge in [-0.05, 0) is 43.5 Å². The number of hydrogen-bond donors (Lipinski definition) is 1. The van der Waals surface area contributed by atoms with Crippen LogP contribution in [0.5, 0.6) is 5.75 Å². The van der Waals surface area contributed by atoms with E-state index in [0.29, 0.717) is 12.3 Å². The lowest BCUT2D eigenvalue weighted by molar-refractivity contribution is -0.123. The van der Waals surface area contributed by atoms with E-state index in [0.717, 1.165) is 12.8 Å². The highest BCUT2D eigenvalue weighted by molar-refractivity contribution is 5.77. The largest absolute Gasteiger partial charge is 0.484 e. The van der Waals surface area contributed by atoms with E-state index in [4.69, 9.17) is 4.74 Å². The van der Waals surface area contributed by atoms with Gasteiger partial charge in [0.05, 0.1) is 0 Å². The molecule has 0 aliphatic carbocycles. The lowest BCUT2D eigenvalue weighted by Crippen LogP contribution is -2.29. The molecule has 1 aromatic carbocycles. The third-order valence-electron chi connectivity index (χ3n) is 3.08. The van der Waals surface area contributed by atoms with E-state index >= 15 is 0 Å². The number of aromatic nitrogens is 1. The minimum atomic E-state index is -0.0956. The minimum Gasteiger partial charge on any atom is -0.484 e. The Morgan fingerprint density at radius 3 is 2.76 bits per heavy atom. The molecule has 0 aliphatic rings. The van der Waals surface area contributed by atoms with Gasteiger partial charge in [-0.2, -0.15) is 0 Å². The van der Waals surface area contributed by atoms with Crippen LogP contribution in [0.15, 0.2) is 48.8 Å². The summed E-state index contributed by atoms with van der Waals surface area (Å²) in [5, 5.41) is 2.85. The molecule has 0 radical (unpaired) electrons. The van der Waals surface area contributed by atoms with Crippen molar-refractivity contribution in [2.45, 2.75) is 19.8 Å². The molecule has 4 heteroatoms. The summed E-state index contributed by atoms with van der Waals surface area (Å²) in [5.74, 6) is 0.618. The number of hydrogen-bond acceptors (Lipinski definition) is 3. The smallest absolute Gasteiger partial charge is 0.257 e. The topological polar surface area (TPSA) is 51.2 Å². The highest BCUT2D eigenvalue weighted by Crippen LogP contribution is 2.10. The van der Waals surface area contributed by atoms with Crippen molar-refractivity contribution in [2.75, 3.05) is 13.2 Å². The first kappa shape index (κ1) is 15.0. The van der Waals surface area contributed by atoms with Crippen LogP contribution < -0.4 is 10.1 Å². The number of rotatable bonds is 7. The van der Waals surface area contributed by atoms with Gasteiger partial charge >= 0.3 is 0 Å². The molecule has 2 aromatic rings. The first-order valence-electron chi connectivity index (χ1n) is 7.09. The highest BCUT2D eigenvalue weighted by atomic mass is 16.5. The Bertz CT molecular complexity index is 553. The predicted molar refractivity (Wildman–Crippen MR) is 82.2 cm³/mol. The van der Waals surface area contributed by atoms with E-state index in [2.05, 4.69) is 10.3 Å². The Balaban J connectivity index is 1.60. The number of carbonyl (C=O) groups excluding carboxylic acids is 1. The van der Waals surface area contributed by atoms with Gasteiger partial charge in [0, 0.05) is 18.9 Å². The third-order valence-corrected chi connectivity index (χ3v) is 3.08. The second kappa shape index (κ2) is 8.04. The van der Waals surface area contributed by atoms with Gasteiger partial charge in [0.15, 0.2) is 6.61 Å².